The van der Waals surface area contributed by atoms with Crippen molar-refractivity contribution in [3.05, 3.63) is 51.9 Å². The molecule has 4 nitrogen and oxygen atoms in total. The Morgan fingerprint density at radius 1 is 1.16 bits per heavy atom. The van der Waals surface area contributed by atoms with Crippen LogP contribution in [0.3, 0.4) is 0 Å². The van der Waals surface area contributed by atoms with Crippen LogP contribution in [0.1, 0.15) is 45.0 Å². The number of nitrogens with one attached hydrogen (secondary N) is 1. The first kappa shape index (κ1) is 19.0. The van der Waals surface area contributed by atoms with Crippen molar-refractivity contribution in [3.63, 3.8) is 0 Å². The maximum Gasteiger partial charge on any atom is 0.416 e. The number of amides is 1. The SMILES string of the molecule is CCOC(=O)c1cc(CC)sc1NC(=O)c1ccc(C(F)(F)F)cc1. The van der Waals surface area contributed by atoms with Gasteiger partial charge in [-0.1, -0.05) is 6.92 Å². The number of esters is 1. The third kappa shape index (κ3) is 4.60. The third-order valence-electron chi connectivity index (χ3n) is 3.33. The predicted octanol–water partition coefficient (Wildman–Crippen LogP) is 4.76. The predicted molar refractivity (Wildman–Crippen MR) is 89.1 cm³/mol. The van der Waals surface area contributed by atoms with Crippen molar-refractivity contribution >= 4 is 28.2 Å². The maximum absolute atomic E-state index is 12.6. The van der Waals surface area contributed by atoms with Crippen molar-refractivity contribution in [1.82, 2.24) is 0 Å². The summed E-state index contributed by atoms with van der Waals surface area (Å²) in [5.41, 5.74) is -0.529. The summed E-state index contributed by atoms with van der Waals surface area (Å²) < 4.78 is 42.7. The van der Waals surface area contributed by atoms with Crippen molar-refractivity contribution < 1.29 is 27.5 Å². The molecular weight excluding hydrogens is 355 g/mol. The molecule has 2 rings (SSSR count). The van der Waals surface area contributed by atoms with Gasteiger partial charge in [0.05, 0.1) is 17.7 Å². The van der Waals surface area contributed by atoms with Crippen LogP contribution in [-0.4, -0.2) is 18.5 Å². The Labute approximate surface area is 146 Å². The Kier molecular flexibility index (Phi) is 5.84. The smallest absolute Gasteiger partial charge is 0.416 e. The Balaban J connectivity index is 2.22. The standard InChI is InChI=1S/C17H16F3NO3S/c1-3-12-9-13(16(23)24-4-2)15(25-12)21-14(22)10-5-7-11(8-6-10)17(18,19)20/h5-9H,3-4H2,1-2H3,(H,21,22). The molecule has 0 aliphatic carbocycles. The normalized spacial score (nSPS) is 11.2. The van der Waals surface area contributed by atoms with Crippen LogP contribution >= 0.6 is 11.3 Å². The third-order valence-corrected chi connectivity index (χ3v) is 4.52. The summed E-state index contributed by atoms with van der Waals surface area (Å²) in [4.78, 5) is 25.1. The van der Waals surface area contributed by atoms with Crippen LogP contribution in [0, 0.1) is 0 Å². The quantitative estimate of drug-likeness (QED) is 0.771. The first-order valence-corrected chi connectivity index (χ1v) is 8.36. The molecule has 134 valence electrons. The summed E-state index contributed by atoms with van der Waals surface area (Å²) in [6.45, 7) is 3.77. The summed E-state index contributed by atoms with van der Waals surface area (Å²) in [5.74, 6) is -1.15. The van der Waals surface area contributed by atoms with Gasteiger partial charge in [-0.2, -0.15) is 13.2 Å². The molecule has 0 atom stereocenters. The van der Waals surface area contributed by atoms with Crippen molar-refractivity contribution in [3.8, 4) is 0 Å². The molecule has 8 heteroatoms. The molecular formula is C17H16F3NO3S. The van der Waals surface area contributed by atoms with E-state index in [4.69, 9.17) is 4.74 Å². The number of aryl methyl sites for hydroxylation is 1. The molecule has 1 amide bonds. The summed E-state index contributed by atoms with van der Waals surface area (Å²) >= 11 is 1.23. The first-order chi connectivity index (χ1) is 11.8. The van der Waals surface area contributed by atoms with Crippen LogP contribution in [0.5, 0.6) is 0 Å². The van der Waals surface area contributed by atoms with Gasteiger partial charge in [0.1, 0.15) is 5.00 Å². The van der Waals surface area contributed by atoms with Gasteiger partial charge >= 0.3 is 12.1 Å². The minimum Gasteiger partial charge on any atom is -0.462 e. The van der Waals surface area contributed by atoms with E-state index in [0.29, 0.717) is 11.4 Å². The molecule has 0 bridgehead atoms. The van der Waals surface area contributed by atoms with Crippen LogP contribution < -0.4 is 5.32 Å². The zero-order chi connectivity index (χ0) is 18.6. The van der Waals surface area contributed by atoms with Gasteiger partial charge in [-0.25, -0.2) is 4.79 Å². The van der Waals surface area contributed by atoms with Gasteiger partial charge in [-0.15, -0.1) is 11.3 Å². The molecule has 0 unspecified atom stereocenters. The van der Waals surface area contributed by atoms with Crippen LogP contribution in [0.15, 0.2) is 30.3 Å². The molecule has 25 heavy (non-hydrogen) atoms. The minimum absolute atomic E-state index is 0.0641. The van der Waals surface area contributed by atoms with E-state index in [1.807, 2.05) is 6.92 Å². The summed E-state index contributed by atoms with van der Waals surface area (Å²) in [7, 11) is 0. The molecule has 1 aromatic carbocycles. The number of hydrogen-bond acceptors (Lipinski definition) is 4. The lowest BCUT2D eigenvalue weighted by atomic mass is 10.1. The summed E-state index contributed by atoms with van der Waals surface area (Å²) in [6, 6.07) is 5.51. The van der Waals surface area contributed by atoms with E-state index in [1.54, 1.807) is 13.0 Å². The number of carbonyl (C=O) groups is 2. The highest BCUT2D eigenvalue weighted by molar-refractivity contribution is 7.16. The second-order valence-corrected chi connectivity index (χ2v) is 6.20. The number of thiophene rings is 1. The van der Waals surface area contributed by atoms with Crippen molar-refractivity contribution in [2.45, 2.75) is 26.4 Å². The fourth-order valence-electron chi connectivity index (χ4n) is 2.06. The number of hydrogen-bond donors (Lipinski definition) is 1. The molecule has 1 heterocycles. The fourth-order valence-corrected chi connectivity index (χ4v) is 3.03. The lowest BCUT2D eigenvalue weighted by molar-refractivity contribution is -0.137. The second-order valence-electron chi connectivity index (χ2n) is 5.06. The monoisotopic (exact) mass is 371 g/mol. The lowest BCUT2D eigenvalue weighted by Gasteiger charge is -2.08. The van der Waals surface area contributed by atoms with E-state index in [0.717, 1.165) is 29.1 Å². The highest BCUT2D eigenvalue weighted by Gasteiger charge is 2.30. The van der Waals surface area contributed by atoms with Crippen molar-refractivity contribution in [2.24, 2.45) is 0 Å². The molecule has 0 radical (unpaired) electrons. The van der Waals surface area contributed by atoms with Crippen LogP contribution in [0.25, 0.3) is 0 Å². The molecule has 0 aliphatic rings. The number of benzene rings is 1. The average molecular weight is 371 g/mol. The molecule has 0 spiro atoms. The van der Waals surface area contributed by atoms with Gasteiger partial charge in [0.15, 0.2) is 0 Å². The Bertz CT molecular complexity index is 766. The topological polar surface area (TPSA) is 55.4 Å². The molecule has 1 N–H and O–H groups in total. The van der Waals surface area contributed by atoms with E-state index in [1.165, 1.54) is 11.3 Å². The zero-order valence-electron chi connectivity index (χ0n) is 13.6. The Hall–Kier alpha value is -2.35. The highest BCUT2D eigenvalue weighted by Crippen LogP contribution is 2.31. The number of anilines is 1. The van der Waals surface area contributed by atoms with Crippen molar-refractivity contribution in [1.29, 1.82) is 0 Å². The van der Waals surface area contributed by atoms with Gasteiger partial charge in [0, 0.05) is 10.4 Å². The number of halogens is 3. The van der Waals surface area contributed by atoms with Gasteiger partial charge in [-0.3, -0.25) is 4.79 Å². The van der Waals surface area contributed by atoms with Crippen LogP contribution in [0.2, 0.25) is 0 Å². The maximum atomic E-state index is 12.6. The average Bonchev–Trinajstić information content (AvgIpc) is 2.97. The molecule has 0 aliphatic heterocycles. The molecule has 0 saturated carbocycles. The molecule has 2 aromatic rings. The molecule has 1 aromatic heterocycles. The van der Waals surface area contributed by atoms with E-state index < -0.39 is 23.6 Å². The van der Waals surface area contributed by atoms with Gasteiger partial charge in [0.25, 0.3) is 5.91 Å². The second kappa shape index (κ2) is 7.69. The first-order valence-electron chi connectivity index (χ1n) is 7.54. The molecule has 0 fully saturated rings. The zero-order valence-corrected chi connectivity index (χ0v) is 14.4. The van der Waals surface area contributed by atoms with Gasteiger partial charge in [-0.05, 0) is 43.7 Å². The van der Waals surface area contributed by atoms with E-state index in [9.17, 15) is 22.8 Å². The van der Waals surface area contributed by atoms with E-state index in [-0.39, 0.29) is 17.7 Å². The Morgan fingerprint density at radius 3 is 2.32 bits per heavy atom. The summed E-state index contributed by atoms with van der Waals surface area (Å²) in [5, 5.41) is 2.90. The van der Waals surface area contributed by atoms with Gasteiger partial charge in [0.2, 0.25) is 0 Å². The highest BCUT2D eigenvalue weighted by atomic mass is 32.1. The van der Waals surface area contributed by atoms with Gasteiger partial charge < -0.3 is 10.1 Å². The Morgan fingerprint density at radius 2 is 1.80 bits per heavy atom. The van der Waals surface area contributed by atoms with E-state index >= 15 is 0 Å². The lowest BCUT2D eigenvalue weighted by Crippen LogP contribution is -2.14. The van der Waals surface area contributed by atoms with Crippen LogP contribution in [0.4, 0.5) is 18.2 Å². The fraction of sp³-hybridized carbons (Fsp3) is 0.294. The number of ether oxygens (including phenoxy) is 1. The minimum atomic E-state index is -4.46. The molecule has 0 saturated heterocycles. The largest absolute Gasteiger partial charge is 0.462 e. The summed E-state index contributed by atoms with van der Waals surface area (Å²) in [6.07, 6.45) is -3.79. The van der Waals surface area contributed by atoms with Crippen LogP contribution in [-0.2, 0) is 17.3 Å². The number of carbonyl (C=O) groups excluding carboxylic acids is 2. The van der Waals surface area contributed by atoms with E-state index in [2.05, 4.69) is 5.32 Å². The number of rotatable bonds is 5. The van der Waals surface area contributed by atoms with Crippen molar-refractivity contribution in [2.75, 3.05) is 11.9 Å². The number of alkyl halides is 3.